The molecule has 0 radical (unpaired) electrons. The molecule has 0 aliphatic carbocycles. The number of anilines is 1. The van der Waals surface area contributed by atoms with E-state index in [0.717, 1.165) is 9.88 Å². The average molecular weight is 337 g/mol. The molecule has 0 bridgehead atoms. The Labute approximate surface area is 135 Å². The lowest BCUT2D eigenvalue weighted by atomic mass is 10.1. The number of carbonyl (C=O) groups is 2. The summed E-state index contributed by atoms with van der Waals surface area (Å²) >= 11 is 2.91. The van der Waals surface area contributed by atoms with Crippen LogP contribution in [0.1, 0.15) is 12.8 Å². The maximum absolute atomic E-state index is 12.0. The first-order valence-corrected chi connectivity index (χ1v) is 8.50. The van der Waals surface area contributed by atoms with Crippen LogP contribution in [0.15, 0.2) is 17.5 Å². The molecule has 3 amide bonds. The van der Waals surface area contributed by atoms with Gasteiger partial charge in [-0.2, -0.15) is 0 Å². The van der Waals surface area contributed by atoms with Gasteiger partial charge in [0.1, 0.15) is 0 Å². The number of nitrogens with zero attached hydrogens (tertiary/aromatic N) is 3. The van der Waals surface area contributed by atoms with Gasteiger partial charge in [-0.15, -0.1) is 21.5 Å². The number of hydrogen-bond donors (Lipinski definition) is 2. The standard InChI is InChI=1S/C13H15N5O2S2/c1-18-7-8(4-5-10(18)19)14-12(20)15-13-17-16-11(22-13)9-3-2-6-21-9/h2-3,6,8H,4-5,7H2,1H3,(H2,14,15,17,20)/t8-/m1/s1. The molecule has 1 fully saturated rings. The van der Waals surface area contributed by atoms with Gasteiger partial charge in [-0.1, -0.05) is 17.4 Å². The van der Waals surface area contributed by atoms with E-state index in [9.17, 15) is 9.59 Å². The van der Waals surface area contributed by atoms with Crippen LogP contribution in [-0.4, -0.2) is 46.7 Å². The Morgan fingerprint density at radius 2 is 2.32 bits per heavy atom. The Kier molecular flexibility index (Phi) is 4.34. The van der Waals surface area contributed by atoms with Crippen LogP contribution in [-0.2, 0) is 4.79 Å². The molecule has 22 heavy (non-hydrogen) atoms. The minimum atomic E-state index is -0.318. The van der Waals surface area contributed by atoms with E-state index in [1.807, 2.05) is 17.5 Å². The zero-order valence-electron chi connectivity index (χ0n) is 11.9. The molecule has 1 aliphatic heterocycles. The molecule has 3 rings (SSSR count). The zero-order chi connectivity index (χ0) is 15.5. The molecule has 1 saturated heterocycles. The quantitative estimate of drug-likeness (QED) is 0.897. The summed E-state index contributed by atoms with van der Waals surface area (Å²) in [5, 5.41) is 16.8. The second kappa shape index (κ2) is 6.41. The van der Waals surface area contributed by atoms with E-state index < -0.39 is 0 Å². The molecule has 2 aromatic heterocycles. The molecule has 7 nitrogen and oxygen atoms in total. The molecular formula is C13H15N5O2S2. The number of rotatable bonds is 3. The van der Waals surface area contributed by atoms with Crippen molar-refractivity contribution < 1.29 is 9.59 Å². The third kappa shape index (κ3) is 3.42. The summed E-state index contributed by atoms with van der Waals surface area (Å²) < 4.78 is 0. The van der Waals surface area contributed by atoms with E-state index in [2.05, 4.69) is 20.8 Å². The van der Waals surface area contributed by atoms with Gasteiger partial charge in [0.2, 0.25) is 11.0 Å². The Morgan fingerprint density at radius 1 is 1.45 bits per heavy atom. The fraction of sp³-hybridized carbons (Fsp3) is 0.385. The first-order chi connectivity index (χ1) is 10.6. The smallest absolute Gasteiger partial charge is 0.321 e. The van der Waals surface area contributed by atoms with Crippen molar-refractivity contribution in [3.05, 3.63) is 17.5 Å². The van der Waals surface area contributed by atoms with Gasteiger partial charge < -0.3 is 10.2 Å². The van der Waals surface area contributed by atoms with E-state index in [1.54, 1.807) is 23.3 Å². The van der Waals surface area contributed by atoms with Crippen molar-refractivity contribution >= 4 is 39.7 Å². The number of amides is 3. The second-order valence-electron chi connectivity index (χ2n) is 5.00. The first-order valence-electron chi connectivity index (χ1n) is 6.80. The topological polar surface area (TPSA) is 87.2 Å². The number of urea groups is 1. The molecule has 0 aromatic carbocycles. The van der Waals surface area contributed by atoms with Gasteiger partial charge in [-0.05, 0) is 17.9 Å². The molecule has 0 unspecified atom stereocenters. The van der Waals surface area contributed by atoms with Crippen LogP contribution in [0.3, 0.4) is 0 Å². The van der Waals surface area contributed by atoms with E-state index in [1.165, 1.54) is 11.3 Å². The fourth-order valence-corrected chi connectivity index (χ4v) is 3.75. The molecule has 2 N–H and O–H groups in total. The largest absolute Gasteiger partial charge is 0.344 e. The van der Waals surface area contributed by atoms with Crippen LogP contribution in [0.25, 0.3) is 9.88 Å². The Bertz CT molecular complexity index is 670. The normalized spacial score (nSPS) is 18.3. The lowest BCUT2D eigenvalue weighted by Crippen LogP contribution is -2.49. The van der Waals surface area contributed by atoms with E-state index in [-0.39, 0.29) is 18.0 Å². The summed E-state index contributed by atoms with van der Waals surface area (Å²) in [6.07, 6.45) is 1.12. The number of hydrogen-bond acceptors (Lipinski definition) is 6. The number of aromatic nitrogens is 2. The number of thiophene rings is 1. The summed E-state index contributed by atoms with van der Waals surface area (Å²) in [4.78, 5) is 26.1. The zero-order valence-corrected chi connectivity index (χ0v) is 13.5. The van der Waals surface area contributed by atoms with Crippen LogP contribution in [0.4, 0.5) is 9.93 Å². The molecule has 1 atom stereocenters. The number of nitrogens with one attached hydrogen (secondary N) is 2. The maximum Gasteiger partial charge on any atom is 0.321 e. The summed E-state index contributed by atoms with van der Waals surface area (Å²) in [7, 11) is 1.74. The lowest BCUT2D eigenvalue weighted by Gasteiger charge is -2.29. The summed E-state index contributed by atoms with van der Waals surface area (Å²) in [6.45, 7) is 0.531. The number of likely N-dealkylation sites (tertiary alicyclic amines) is 1. The number of carbonyl (C=O) groups excluding carboxylic acids is 2. The SMILES string of the molecule is CN1C[C@H](NC(=O)Nc2nnc(-c3cccs3)s2)CCC1=O. The van der Waals surface area contributed by atoms with Gasteiger partial charge >= 0.3 is 6.03 Å². The third-order valence-corrected chi connectivity index (χ3v) is 5.22. The fourth-order valence-electron chi connectivity index (χ4n) is 2.22. The highest BCUT2D eigenvalue weighted by Gasteiger charge is 2.24. The maximum atomic E-state index is 12.0. The Balaban J connectivity index is 1.55. The van der Waals surface area contributed by atoms with Crippen LogP contribution in [0.2, 0.25) is 0 Å². The Morgan fingerprint density at radius 3 is 3.05 bits per heavy atom. The Hall–Kier alpha value is -2.00. The summed E-state index contributed by atoms with van der Waals surface area (Å²) in [6, 6.07) is 3.56. The number of likely N-dealkylation sites (N-methyl/N-ethyl adjacent to an activating group) is 1. The van der Waals surface area contributed by atoms with Gasteiger partial charge in [0.25, 0.3) is 0 Å². The van der Waals surface area contributed by atoms with Crippen LogP contribution in [0, 0.1) is 0 Å². The van der Waals surface area contributed by atoms with Gasteiger partial charge in [0.15, 0.2) is 5.01 Å². The van der Waals surface area contributed by atoms with Gasteiger partial charge in [-0.3, -0.25) is 10.1 Å². The molecule has 116 valence electrons. The minimum Gasteiger partial charge on any atom is -0.344 e. The van der Waals surface area contributed by atoms with E-state index in [0.29, 0.717) is 24.5 Å². The van der Waals surface area contributed by atoms with Crippen LogP contribution >= 0.6 is 22.7 Å². The van der Waals surface area contributed by atoms with E-state index in [4.69, 9.17) is 0 Å². The van der Waals surface area contributed by atoms with Crippen molar-refractivity contribution in [1.82, 2.24) is 20.4 Å². The van der Waals surface area contributed by atoms with Crippen molar-refractivity contribution in [3.63, 3.8) is 0 Å². The average Bonchev–Trinajstić information content (AvgIpc) is 3.13. The van der Waals surface area contributed by atoms with Crippen LogP contribution < -0.4 is 10.6 Å². The van der Waals surface area contributed by atoms with Crippen molar-refractivity contribution in [2.45, 2.75) is 18.9 Å². The predicted molar refractivity (Wildman–Crippen MR) is 86.0 cm³/mol. The van der Waals surface area contributed by atoms with Gasteiger partial charge in [0.05, 0.1) is 4.88 Å². The minimum absolute atomic E-state index is 0.0348. The lowest BCUT2D eigenvalue weighted by molar-refractivity contribution is -0.132. The van der Waals surface area contributed by atoms with E-state index >= 15 is 0 Å². The monoisotopic (exact) mass is 337 g/mol. The highest BCUT2D eigenvalue weighted by Crippen LogP contribution is 2.29. The van der Waals surface area contributed by atoms with Crippen LogP contribution in [0.5, 0.6) is 0 Å². The summed E-state index contributed by atoms with van der Waals surface area (Å²) in [5.74, 6) is 0.114. The molecule has 1 aliphatic rings. The van der Waals surface area contributed by atoms with Gasteiger partial charge in [0, 0.05) is 26.1 Å². The van der Waals surface area contributed by atoms with Crippen molar-refractivity contribution in [3.8, 4) is 9.88 Å². The molecule has 3 heterocycles. The predicted octanol–water partition coefficient (Wildman–Crippen LogP) is 2.01. The highest BCUT2D eigenvalue weighted by molar-refractivity contribution is 7.23. The first kappa shape index (κ1) is 14.9. The third-order valence-electron chi connectivity index (χ3n) is 3.34. The van der Waals surface area contributed by atoms with Crippen molar-refractivity contribution in [2.75, 3.05) is 18.9 Å². The molecule has 0 spiro atoms. The van der Waals surface area contributed by atoms with Gasteiger partial charge in [-0.25, -0.2) is 4.79 Å². The molecule has 0 saturated carbocycles. The number of piperidine rings is 1. The van der Waals surface area contributed by atoms with Crippen molar-refractivity contribution in [1.29, 1.82) is 0 Å². The molecule has 9 heteroatoms. The van der Waals surface area contributed by atoms with Crippen molar-refractivity contribution in [2.24, 2.45) is 0 Å². The summed E-state index contributed by atoms with van der Waals surface area (Å²) in [5.41, 5.74) is 0. The molecular weight excluding hydrogens is 322 g/mol. The molecule has 2 aromatic rings. The highest BCUT2D eigenvalue weighted by atomic mass is 32.1. The second-order valence-corrected chi connectivity index (χ2v) is 6.92.